The monoisotopic (exact) mass is 285 g/mol. The molecule has 1 aromatic carbocycles. The predicted octanol–water partition coefficient (Wildman–Crippen LogP) is 1.77. The lowest BCUT2D eigenvalue weighted by atomic mass is 10.0. The van der Waals surface area contributed by atoms with Crippen molar-refractivity contribution in [3.63, 3.8) is 0 Å². The summed E-state index contributed by atoms with van der Waals surface area (Å²) in [6.45, 7) is 5.20. The van der Waals surface area contributed by atoms with Gasteiger partial charge >= 0.3 is 5.97 Å². The van der Waals surface area contributed by atoms with E-state index in [1.165, 1.54) is 6.07 Å². The molecule has 0 spiro atoms. The minimum Gasteiger partial charge on any atom is -0.480 e. The van der Waals surface area contributed by atoms with Crippen LogP contribution in [0.15, 0.2) is 29.2 Å². The van der Waals surface area contributed by atoms with Crippen LogP contribution in [0.3, 0.4) is 0 Å². The smallest absolute Gasteiger partial charge is 0.322 e. The average molecular weight is 285 g/mol. The molecule has 0 fully saturated rings. The third kappa shape index (κ3) is 3.78. The van der Waals surface area contributed by atoms with Crippen molar-refractivity contribution in [2.45, 2.75) is 38.1 Å². The zero-order valence-electron chi connectivity index (χ0n) is 11.3. The molecule has 1 aromatic rings. The van der Waals surface area contributed by atoms with Gasteiger partial charge in [-0.15, -0.1) is 0 Å². The molecule has 0 bridgehead atoms. The van der Waals surface area contributed by atoms with Crippen LogP contribution in [0.5, 0.6) is 0 Å². The van der Waals surface area contributed by atoms with Gasteiger partial charge in [-0.1, -0.05) is 38.5 Å². The number of aryl methyl sites for hydroxylation is 1. The second-order valence-electron chi connectivity index (χ2n) is 4.59. The summed E-state index contributed by atoms with van der Waals surface area (Å²) in [5.41, 5.74) is 0.586. The minimum atomic E-state index is -3.82. The molecule has 6 heteroatoms. The van der Waals surface area contributed by atoms with Gasteiger partial charge in [-0.05, 0) is 24.5 Å². The number of hydrogen-bond donors (Lipinski definition) is 2. The standard InChI is InChI=1S/C13H19NO4S/c1-4-9(2)12(13(15)16)14-19(17,18)11-8-6-5-7-10(11)3/h5-9,12,14H,4H2,1-3H3,(H,15,16)/t9?,12-/m0/s1. The first kappa shape index (κ1) is 15.7. The number of nitrogens with one attached hydrogen (secondary N) is 1. The van der Waals surface area contributed by atoms with Crippen LogP contribution in [0.4, 0.5) is 0 Å². The van der Waals surface area contributed by atoms with Gasteiger partial charge in [0.1, 0.15) is 6.04 Å². The highest BCUT2D eigenvalue weighted by Crippen LogP contribution is 2.17. The fourth-order valence-corrected chi connectivity index (χ4v) is 3.28. The molecule has 0 saturated heterocycles. The van der Waals surface area contributed by atoms with E-state index in [0.29, 0.717) is 12.0 Å². The average Bonchev–Trinajstić information content (AvgIpc) is 2.35. The summed E-state index contributed by atoms with van der Waals surface area (Å²) in [6, 6.07) is 5.37. The largest absolute Gasteiger partial charge is 0.480 e. The SMILES string of the molecule is CCC(C)[C@H](NS(=O)(=O)c1ccccc1C)C(=O)O. The fraction of sp³-hybridized carbons (Fsp3) is 0.462. The fourth-order valence-electron chi connectivity index (χ4n) is 1.73. The summed E-state index contributed by atoms with van der Waals surface area (Å²) in [5, 5.41) is 9.13. The highest BCUT2D eigenvalue weighted by molar-refractivity contribution is 7.89. The summed E-state index contributed by atoms with van der Waals surface area (Å²) in [5.74, 6) is -1.44. The molecule has 0 aliphatic carbocycles. The maximum absolute atomic E-state index is 12.2. The van der Waals surface area contributed by atoms with Crippen LogP contribution in [-0.2, 0) is 14.8 Å². The van der Waals surface area contributed by atoms with Crippen molar-refractivity contribution in [1.29, 1.82) is 0 Å². The Balaban J connectivity index is 3.08. The molecule has 0 aliphatic heterocycles. The van der Waals surface area contributed by atoms with Gasteiger partial charge in [0.15, 0.2) is 0 Å². The van der Waals surface area contributed by atoms with Crippen LogP contribution in [-0.4, -0.2) is 25.5 Å². The lowest BCUT2D eigenvalue weighted by Crippen LogP contribution is -2.45. The molecule has 0 heterocycles. The van der Waals surface area contributed by atoms with Gasteiger partial charge in [0, 0.05) is 0 Å². The van der Waals surface area contributed by atoms with Crippen LogP contribution in [0.2, 0.25) is 0 Å². The molecule has 2 atom stereocenters. The summed E-state index contributed by atoms with van der Waals surface area (Å²) in [6.07, 6.45) is 0.577. The highest BCUT2D eigenvalue weighted by Gasteiger charge is 2.29. The molecular weight excluding hydrogens is 266 g/mol. The van der Waals surface area contributed by atoms with E-state index in [1.807, 2.05) is 6.92 Å². The number of carboxylic acids is 1. The van der Waals surface area contributed by atoms with E-state index >= 15 is 0 Å². The first-order valence-electron chi connectivity index (χ1n) is 6.10. The van der Waals surface area contributed by atoms with E-state index in [0.717, 1.165) is 0 Å². The second-order valence-corrected chi connectivity index (χ2v) is 6.27. The number of carboxylic acid groups (broad SMARTS) is 1. The molecule has 1 rings (SSSR count). The normalized spacial score (nSPS) is 14.9. The number of rotatable bonds is 6. The minimum absolute atomic E-state index is 0.115. The lowest BCUT2D eigenvalue weighted by Gasteiger charge is -2.20. The molecule has 2 N–H and O–H groups in total. The molecule has 0 aliphatic rings. The quantitative estimate of drug-likeness (QED) is 0.834. The number of hydrogen-bond acceptors (Lipinski definition) is 3. The van der Waals surface area contributed by atoms with Gasteiger partial charge < -0.3 is 5.11 Å². The molecule has 5 nitrogen and oxygen atoms in total. The molecule has 0 amide bonds. The summed E-state index contributed by atoms with van der Waals surface area (Å²) in [7, 11) is -3.82. The Morgan fingerprint density at radius 1 is 1.37 bits per heavy atom. The third-order valence-electron chi connectivity index (χ3n) is 3.14. The maximum atomic E-state index is 12.2. The predicted molar refractivity (Wildman–Crippen MR) is 72.4 cm³/mol. The van der Waals surface area contributed by atoms with Crippen LogP contribution >= 0.6 is 0 Å². The van der Waals surface area contributed by atoms with Crippen LogP contribution < -0.4 is 4.72 Å². The van der Waals surface area contributed by atoms with Crippen molar-refractivity contribution in [2.24, 2.45) is 5.92 Å². The number of aliphatic carboxylic acids is 1. The summed E-state index contributed by atoms with van der Waals surface area (Å²) >= 11 is 0. The zero-order chi connectivity index (χ0) is 14.6. The summed E-state index contributed by atoms with van der Waals surface area (Å²) < 4.78 is 26.7. The Kier molecular flexibility index (Phi) is 5.08. The molecule has 0 radical (unpaired) electrons. The van der Waals surface area contributed by atoms with Crippen LogP contribution in [0, 0.1) is 12.8 Å². The Bertz CT molecular complexity index is 554. The highest BCUT2D eigenvalue weighted by atomic mass is 32.2. The van der Waals surface area contributed by atoms with Gasteiger partial charge in [0.2, 0.25) is 10.0 Å². The number of benzene rings is 1. The van der Waals surface area contributed by atoms with Crippen molar-refractivity contribution < 1.29 is 18.3 Å². The molecule has 106 valence electrons. The first-order chi connectivity index (χ1) is 8.79. The first-order valence-corrected chi connectivity index (χ1v) is 7.58. The van der Waals surface area contributed by atoms with Crippen molar-refractivity contribution in [3.8, 4) is 0 Å². The number of sulfonamides is 1. The van der Waals surface area contributed by atoms with Crippen molar-refractivity contribution in [1.82, 2.24) is 4.72 Å². The van der Waals surface area contributed by atoms with Crippen LogP contribution in [0.25, 0.3) is 0 Å². The molecule has 0 aromatic heterocycles. The van der Waals surface area contributed by atoms with Gasteiger partial charge in [0.25, 0.3) is 0 Å². The third-order valence-corrected chi connectivity index (χ3v) is 4.75. The zero-order valence-corrected chi connectivity index (χ0v) is 12.1. The Hall–Kier alpha value is -1.40. The van der Waals surface area contributed by atoms with Gasteiger partial charge in [-0.25, -0.2) is 8.42 Å². The Labute approximate surface area is 113 Å². The van der Waals surface area contributed by atoms with E-state index in [-0.39, 0.29) is 10.8 Å². The maximum Gasteiger partial charge on any atom is 0.322 e. The number of carbonyl (C=O) groups is 1. The molecule has 19 heavy (non-hydrogen) atoms. The van der Waals surface area contributed by atoms with Gasteiger partial charge in [0.05, 0.1) is 4.90 Å². The lowest BCUT2D eigenvalue weighted by molar-refractivity contribution is -0.140. The van der Waals surface area contributed by atoms with E-state index in [2.05, 4.69) is 4.72 Å². The topological polar surface area (TPSA) is 83.5 Å². The van der Waals surface area contributed by atoms with Crippen LogP contribution in [0.1, 0.15) is 25.8 Å². The van der Waals surface area contributed by atoms with E-state index < -0.39 is 22.0 Å². The van der Waals surface area contributed by atoms with Crippen molar-refractivity contribution in [3.05, 3.63) is 29.8 Å². The Morgan fingerprint density at radius 3 is 2.42 bits per heavy atom. The van der Waals surface area contributed by atoms with E-state index in [9.17, 15) is 13.2 Å². The van der Waals surface area contributed by atoms with Crippen molar-refractivity contribution >= 4 is 16.0 Å². The summed E-state index contributed by atoms with van der Waals surface area (Å²) in [4.78, 5) is 11.3. The van der Waals surface area contributed by atoms with Gasteiger partial charge in [-0.2, -0.15) is 4.72 Å². The Morgan fingerprint density at radius 2 is 1.95 bits per heavy atom. The second kappa shape index (κ2) is 6.16. The molecular formula is C13H19NO4S. The van der Waals surface area contributed by atoms with E-state index in [4.69, 9.17) is 5.11 Å². The van der Waals surface area contributed by atoms with Crippen molar-refractivity contribution in [2.75, 3.05) is 0 Å². The molecule has 1 unspecified atom stereocenters. The molecule has 0 saturated carbocycles. The van der Waals surface area contributed by atoms with E-state index in [1.54, 1.807) is 32.0 Å². The van der Waals surface area contributed by atoms with Gasteiger partial charge in [-0.3, -0.25) is 4.79 Å².